The van der Waals surface area contributed by atoms with Crippen LogP contribution in [0.15, 0.2) is 60.0 Å². The van der Waals surface area contributed by atoms with Gasteiger partial charge in [-0.15, -0.1) is 5.10 Å². The molecule has 126 valence electrons. The Kier molecular flexibility index (Phi) is 5.77. The highest BCUT2D eigenvalue weighted by Crippen LogP contribution is 2.22. The van der Waals surface area contributed by atoms with Crippen LogP contribution in [0.4, 0.5) is 5.82 Å². The Labute approximate surface area is 154 Å². The molecule has 3 aromatic rings. The molecule has 0 saturated heterocycles. The zero-order chi connectivity index (χ0) is 17.5. The topological polar surface area (TPSA) is 68.0 Å². The third-order valence-electron chi connectivity index (χ3n) is 3.15. The number of allylic oxidation sites excluding steroid dienone is 1. The van der Waals surface area contributed by atoms with Crippen molar-refractivity contribution in [3.63, 3.8) is 0 Å². The van der Waals surface area contributed by atoms with E-state index in [1.54, 1.807) is 29.1 Å². The van der Waals surface area contributed by atoms with E-state index in [9.17, 15) is 0 Å². The van der Waals surface area contributed by atoms with Crippen LogP contribution in [0, 0.1) is 0 Å². The minimum atomic E-state index is 0.400. The second-order valence-electron chi connectivity index (χ2n) is 5.06. The summed E-state index contributed by atoms with van der Waals surface area (Å²) < 4.78 is 1.78. The van der Waals surface area contributed by atoms with Crippen molar-refractivity contribution in [2.75, 3.05) is 5.43 Å². The van der Waals surface area contributed by atoms with Gasteiger partial charge in [0.25, 0.3) is 0 Å². The Hall–Kier alpha value is -2.70. The summed E-state index contributed by atoms with van der Waals surface area (Å²) >= 11 is 11.8. The quantitative estimate of drug-likeness (QED) is 0.521. The van der Waals surface area contributed by atoms with E-state index < -0.39 is 0 Å². The van der Waals surface area contributed by atoms with Crippen molar-refractivity contribution in [3.05, 3.63) is 76.2 Å². The van der Waals surface area contributed by atoms with Crippen LogP contribution < -0.4 is 5.43 Å². The fourth-order valence-electron chi connectivity index (χ4n) is 2.02. The Balaban J connectivity index is 1.54. The molecule has 0 saturated carbocycles. The number of nitrogens with zero attached hydrogens (tertiary/aromatic N) is 5. The number of aromatic nitrogens is 4. The van der Waals surface area contributed by atoms with E-state index in [4.69, 9.17) is 23.2 Å². The Bertz CT molecular complexity index is 889. The average molecular weight is 373 g/mol. The van der Waals surface area contributed by atoms with Crippen molar-refractivity contribution in [2.24, 2.45) is 5.10 Å². The second-order valence-corrected chi connectivity index (χ2v) is 5.90. The van der Waals surface area contributed by atoms with Gasteiger partial charge >= 0.3 is 0 Å². The van der Waals surface area contributed by atoms with Crippen LogP contribution in [-0.4, -0.2) is 26.2 Å². The van der Waals surface area contributed by atoms with Gasteiger partial charge in [0.15, 0.2) is 5.82 Å². The van der Waals surface area contributed by atoms with E-state index in [1.165, 1.54) is 11.8 Å². The highest BCUT2D eigenvalue weighted by atomic mass is 35.5. The van der Waals surface area contributed by atoms with Crippen molar-refractivity contribution in [2.45, 2.75) is 6.54 Å². The lowest BCUT2D eigenvalue weighted by molar-refractivity contribution is 0.649. The third-order valence-corrected chi connectivity index (χ3v) is 3.64. The number of anilines is 1. The SMILES string of the molecule is Clc1cnc(N/N=C\C=C\c2cn(Cc3ccccc3)nn2)c(Cl)c1. The number of hydrogen-bond donors (Lipinski definition) is 1. The highest BCUT2D eigenvalue weighted by Gasteiger charge is 2.00. The molecule has 0 fully saturated rings. The predicted molar refractivity (Wildman–Crippen MR) is 101 cm³/mol. The Morgan fingerprint density at radius 1 is 1.20 bits per heavy atom. The number of hydrogen-bond acceptors (Lipinski definition) is 5. The molecule has 6 nitrogen and oxygen atoms in total. The van der Waals surface area contributed by atoms with Gasteiger partial charge in [-0.25, -0.2) is 9.67 Å². The summed E-state index contributed by atoms with van der Waals surface area (Å²) in [6.07, 6.45) is 8.47. The van der Waals surface area contributed by atoms with E-state index in [0.29, 0.717) is 22.4 Å². The van der Waals surface area contributed by atoms with Crippen LogP contribution >= 0.6 is 23.2 Å². The fourth-order valence-corrected chi connectivity index (χ4v) is 2.44. The van der Waals surface area contributed by atoms with Gasteiger partial charge in [0, 0.05) is 12.4 Å². The van der Waals surface area contributed by atoms with Crippen LogP contribution in [0.1, 0.15) is 11.3 Å². The summed E-state index contributed by atoms with van der Waals surface area (Å²) in [6.45, 7) is 0.679. The first-order valence-electron chi connectivity index (χ1n) is 7.41. The molecule has 0 aliphatic rings. The number of rotatable bonds is 6. The molecule has 0 radical (unpaired) electrons. The summed E-state index contributed by atoms with van der Waals surface area (Å²) in [7, 11) is 0. The Morgan fingerprint density at radius 3 is 2.84 bits per heavy atom. The number of halogens is 2. The first-order valence-corrected chi connectivity index (χ1v) is 8.17. The van der Waals surface area contributed by atoms with Crippen LogP contribution in [0.2, 0.25) is 10.0 Å². The minimum absolute atomic E-state index is 0.400. The lowest BCUT2D eigenvalue weighted by Gasteiger charge is -2.00. The largest absolute Gasteiger partial charge is 0.260 e. The van der Waals surface area contributed by atoms with Gasteiger partial charge in [-0.2, -0.15) is 5.10 Å². The molecule has 0 amide bonds. The zero-order valence-corrected chi connectivity index (χ0v) is 14.6. The molecule has 2 aromatic heterocycles. The summed E-state index contributed by atoms with van der Waals surface area (Å²) in [5.41, 5.74) is 4.65. The molecular formula is C17H14Cl2N6. The van der Waals surface area contributed by atoms with Gasteiger partial charge in [-0.05, 0) is 23.8 Å². The summed E-state index contributed by atoms with van der Waals surface area (Å²) in [5, 5.41) is 13.1. The second kappa shape index (κ2) is 8.41. The molecule has 8 heteroatoms. The maximum Gasteiger partial charge on any atom is 0.165 e. The van der Waals surface area contributed by atoms with Crippen molar-refractivity contribution in [3.8, 4) is 0 Å². The normalized spacial score (nSPS) is 11.4. The third kappa shape index (κ3) is 5.14. The van der Waals surface area contributed by atoms with Crippen LogP contribution in [0.5, 0.6) is 0 Å². The molecule has 0 unspecified atom stereocenters. The van der Waals surface area contributed by atoms with E-state index in [2.05, 4.69) is 25.8 Å². The van der Waals surface area contributed by atoms with Crippen LogP contribution in [-0.2, 0) is 6.54 Å². The van der Waals surface area contributed by atoms with E-state index in [0.717, 1.165) is 5.69 Å². The summed E-state index contributed by atoms with van der Waals surface area (Å²) in [6, 6.07) is 11.7. The summed E-state index contributed by atoms with van der Waals surface area (Å²) in [5.74, 6) is 0.435. The lowest BCUT2D eigenvalue weighted by Crippen LogP contribution is -1.99. The maximum atomic E-state index is 5.99. The zero-order valence-electron chi connectivity index (χ0n) is 13.0. The van der Waals surface area contributed by atoms with Crippen molar-refractivity contribution >= 4 is 41.3 Å². The van der Waals surface area contributed by atoms with Gasteiger partial charge in [0.2, 0.25) is 0 Å². The predicted octanol–water partition coefficient (Wildman–Crippen LogP) is 4.14. The fraction of sp³-hybridized carbons (Fsp3) is 0.0588. The van der Waals surface area contributed by atoms with E-state index in [-0.39, 0.29) is 0 Å². The van der Waals surface area contributed by atoms with Crippen LogP contribution in [0.3, 0.4) is 0 Å². The molecule has 0 aliphatic carbocycles. The van der Waals surface area contributed by atoms with Crippen molar-refractivity contribution in [1.29, 1.82) is 0 Å². The average Bonchev–Trinajstić information content (AvgIpc) is 3.04. The smallest absolute Gasteiger partial charge is 0.165 e. The molecule has 2 heterocycles. The molecule has 0 atom stereocenters. The highest BCUT2D eigenvalue weighted by molar-refractivity contribution is 6.35. The molecule has 1 aromatic carbocycles. The summed E-state index contributed by atoms with van der Waals surface area (Å²) in [4.78, 5) is 4.04. The molecule has 0 bridgehead atoms. The molecule has 1 N–H and O–H groups in total. The van der Waals surface area contributed by atoms with Gasteiger partial charge in [0.1, 0.15) is 5.69 Å². The monoisotopic (exact) mass is 372 g/mol. The first kappa shape index (κ1) is 17.1. The van der Waals surface area contributed by atoms with Crippen molar-refractivity contribution < 1.29 is 0 Å². The molecule has 0 aliphatic heterocycles. The standard InChI is InChI=1S/C17H14Cl2N6/c18-14-9-16(19)17(20-10-14)23-21-8-4-7-15-12-25(24-22-15)11-13-5-2-1-3-6-13/h1-10,12H,11H2,(H,20,23)/b7-4+,21-8-. The maximum absolute atomic E-state index is 5.99. The minimum Gasteiger partial charge on any atom is -0.260 e. The lowest BCUT2D eigenvalue weighted by atomic mass is 10.2. The number of pyridine rings is 1. The molecule has 3 rings (SSSR count). The number of benzene rings is 1. The van der Waals surface area contributed by atoms with Crippen LogP contribution in [0.25, 0.3) is 6.08 Å². The van der Waals surface area contributed by atoms with Gasteiger partial charge < -0.3 is 0 Å². The first-order chi connectivity index (χ1) is 12.2. The van der Waals surface area contributed by atoms with Gasteiger partial charge in [-0.3, -0.25) is 5.43 Å². The van der Waals surface area contributed by atoms with E-state index in [1.807, 2.05) is 36.5 Å². The van der Waals surface area contributed by atoms with E-state index >= 15 is 0 Å². The number of nitrogens with one attached hydrogen (secondary N) is 1. The molecule has 25 heavy (non-hydrogen) atoms. The van der Waals surface area contributed by atoms with Gasteiger partial charge in [0.05, 0.1) is 22.8 Å². The number of hydrazone groups is 1. The molecular weight excluding hydrogens is 359 g/mol. The van der Waals surface area contributed by atoms with Crippen molar-refractivity contribution in [1.82, 2.24) is 20.0 Å². The Morgan fingerprint density at radius 2 is 2.04 bits per heavy atom. The van der Waals surface area contributed by atoms with Gasteiger partial charge in [-0.1, -0.05) is 58.7 Å². The molecule has 0 spiro atoms.